The maximum Gasteiger partial charge on any atom is 0.220 e. The van der Waals surface area contributed by atoms with Gasteiger partial charge in [0, 0.05) is 28.6 Å². The second kappa shape index (κ2) is 5.17. The molecule has 1 aromatic heterocycles. The molecule has 0 saturated heterocycles. The predicted molar refractivity (Wildman–Crippen MR) is 76.2 cm³/mol. The van der Waals surface area contributed by atoms with Crippen LogP contribution in [0, 0.1) is 0 Å². The summed E-state index contributed by atoms with van der Waals surface area (Å²) in [5.74, 6) is 0.125. The van der Waals surface area contributed by atoms with E-state index in [0.717, 1.165) is 29.4 Å². The van der Waals surface area contributed by atoms with Gasteiger partial charge in [-0.3, -0.25) is 9.78 Å². The van der Waals surface area contributed by atoms with Crippen molar-refractivity contribution in [3.05, 3.63) is 41.0 Å². The molecular weight excluding hydrogens is 260 g/mol. The number of aryl methyl sites for hydroxylation is 1. The second-order valence-corrected chi connectivity index (χ2v) is 5.42. The first kappa shape index (κ1) is 12.4. The third-order valence-corrected chi connectivity index (χ3v) is 3.49. The summed E-state index contributed by atoms with van der Waals surface area (Å²) in [6, 6.07) is 10.0. The van der Waals surface area contributed by atoms with Gasteiger partial charge in [0.15, 0.2) is 0 Å². The quantitative estimate of drug-likeness (QED) is 0.931. The van der Waals surface area contributed by atoms with Gasteiger partial charge in [0.2, 0.25) is 5.91 Å². The second-order valence-electron chi connectivity index (χ2n) is 4.98. The molecule has 19 heavy (non-hydrogen) atoms. The van der Waals surface area contributed by atoms with Gasteiger partial charge in [0.1, 0.15) is 0 Å². The van der Waals surface area contributed by atoms with E-state index in [2.05, 4.69) is 10.3 Å². The Bertz CT molecular complexity index is 623. The van der Waals surface area contributed by atoms with Crippen molar-refractivity contribution in [3.8, 4) is 0 Å². The van der Waals surface area contributed by atoms with Gasteiger partial charge in [0.05, 0.1) is 5.52 Å². The van der Waals surface area contributed by atoms with Crippen LogP contribution in [0.15, 0.2) is 30.3 Å². The molecule has 1 heterocycles. The Morgan fingerprint density at radius 3 is 2.95 bits per heavy atom. The van der Waals surface area contributed by atoms with Crippen LogP contribution in [0.4, 0.5) is 0 Å². The molecule has 1 amide bonds. The summed E-state index contributed by atoms with van der Waals surface area (Å²) in [6.07, 6.45) is 3.43. The van der Waals surface area contributed by atoms with Crippen LogP contribution in [-0.4, -0.2) is 16.9 Å². The van der Waals surface area contributed by atoms with Crippen molar-refractivity contribution < 1.29 is 4.79 Å². The Labute approximate surface area is 117 Å². The molecule has 0 aliphatic heterocycles. The third-order valence-electron chi connectivity index (χ3n) is 3.26. The molecule has 0 unspecified atom stereocenters. The van der Waals surface area contributed by atoms with Crippen LogP contribution < -0.4 is 5.32 Å². The Morgan fingerprint density at radius 2 is 2.16 bits per heavy atom. The van der Waals surface area contributed by atoms with Gasteiger partial charge < -0.3 is 5.32 Å². The molecule has 1 aromatic carbocycles. The lowest BCUT2D eigenvalue weighted by molar-refractivity contribution is -0.121. The maximum absolute atomic E-state index is 11.6. The lowest BCUT2D eigenvalue weighted by atomic mass is 10.1. The van der Waals surface area contributed by atoms with E-state index in [1.165, 1.54) is 0 Å². The summed E-state index contributed by atoms with van der Waals surface area (Å²) < 4.78 is 0. The number of carbonyl (C=O) groups excluding carboxylic acids is 1. The number of benzene rings is 1. The number of hydrogen-bond donors (Lipinski definition) is 1. The summed E-state index contributed by atoms with van der Waals surface area (Å²) in [5, 5.41) is 4.72. The van der Waals surface area contributed by atoms with Gasteiger partial charge in [-0.1, -0.05) is 17.7 Å². The zero-order chi connectivity index (χ0) is 13.2. The third kappa shape index (κ3) is 3.24. The highest BCUT2D eigenvalue weighted by atomic mass is 35.5. The molecular formula is C15H15ClN2O. The van der Waals surface area contributed by atoms with E-state index in [9.17, 15) is 4.79 Å². The molecule has 3 nitrogen and oxygen atoms in total. The van der Waals surface area contributed by atoms with Gasteiger partial charge in [-0.2, -0.15) is 0 Å². The first-order chi connectivity index (χ1) is 9.20. The molecule has 1 saturated carbocycles. The van der Waals surface area contributed by atoms with Crippen molar-refractivity contribution in [1.29, 1.82) is 0 Å². The first-order valence-corrected chi connectivity index (χ1v) is 6.93. The maximum atomic E-state index is 11.6. The van der Waals surface area contributed by atoms with Crippen LogP contribution >= 0.6 is 11.6 Å². The summed E-state index contributed by atoms with van der Waals surface area (Å²) >= 11 is 5.93. The summed E-state index contributed by atoms with van der Waals surface area (Å²) in [4.78, 5) is 16.2. The molecule has 0 atom stereocenters. The van der Waals surface area contributed by atoms with Crippen LogP contribution in [0.3, 0.4) is 0 Å². The standard InChI is InChI=1S/C15H15ClN2O/c16-11-2-7-14-10(9-11)1-3-12(17-14)6-8-15(19)18-13-4-5-13/h1-3,7,9,13H,4-6,8H2,(H,18,19). The van der Waals surface area contributed by atoms with E-state index >= 15 is 0 Å². The number of rotatable bonds is 4. The number of halogens is 1. The van der Waals surface area contributed by atoms with Gasteiger partial charge in [-0.05, 0) is 43.5 Å². The van der Waals surface area contributed by atoms with Crippen molar-refractivity contribution in [2.45, 2.75) is 31.7 Å². The highest BCUT2D eigenvalue weighted by Crippen LogP contribution is 2.20. The van der Waals surface area contributed by atoms with Crippen molar-refractivity contribution in [2.75, 3.05) is 0 Å². The Hall–Kier alpha value is -1.61. The van der Waals surface area contributed by atoms with Crippen molar-refractivity contribution >= 4 is 28.4 Å². The van der Waals surface area contributed by atoms with Crippen molar-refractivity contribution in [1.82, 2.24) is 10.3 Å². The van der Waals surface area contributed by atoms with Crippen LogP contribution in [-0.2, 0) is 11.2 Å². The molecule has 98 valence electrons. The van der Waals surface area contributed by atoms with Crippen molar-refractivity contribution in [2.24, 2.45) is 0 Å². The number of hydrogen-bond acceptors (Lipinski definition) is 2. The number of fused-ring (bicyclic) bond motifs is 1. The Kier molecular flexibility index (Phi) is 3.38. The average molecular weight is 275 g/mol. The van der Waals surface area contributed by atoms with E-state index in [-0.39, 0.29) is 5.91 Å². The van der Waals surface area contributed by atoms with Gasteiger partial charge in [-0.15, -0.1) is 0 Å². The van der Waals surface area contributed by atoms with Crippen LogP contribution in [0.2, 0.25) is 5.02 Å². The largest absolute Gasteiger partial charge is 0.353 e. The molecule has 2 aromatic rings. The number of aromatic nitrogens is 1. The zero-order valence-electron chi connectivity index (χ0n) is 10.5. The molecule has 1 aliphatic rings. The highest BCUT2D eigenvalue weighted by molar-refractivity contribution is 6.31. The minimum Gasteiger partial charge on any atom is -0.353 e. The lowest BCUT2D eigenvalue weighted by Crippen LogP contribution is -2.25. The summed E-state index contributed by atoms with van der Waals surface area (Å²) in [5.41, 5.74) is 1.87. The predicted octanol–water partition coefficient (Wildman–Crippen LogP) is 3.10. The number of amides is 1. The number of pyridine rings is 1. The van der Waals surface area contributed by atoms with E-state index in [1.807, 2.05) is 30.3 Å². The lowest BCUT2D eigenvalue weighted by Gasteiger charge is -2.04. The summed E-state index contributed by atoms with van der Waals surface area (Å²) in [7, 11) is 0. The van der Waals surface area contributed by atoms with E-state index in [4.69, 9.17) is 11.6 Å². The van der Waals surface area contributed by atoms with Crippen LogP contribution in [0.1, 0.15) is 25.0 Å². The van der Waals surface area contributed by atoms with Gasteiger partial charge in [0.25, 0.3) is 0 Å². The first-order valence-electron chi connectivity index (χ1n) is 6.55. The molecule has 0 bridgehead atoms. The monoisotopic (exact) mass is 274 g/mol. The molecule has 3 rings (SSSR count). The number of nitrogens with zero attached hydrogens (tertiary/aromatic N) is 1. The van der Waals surface area contributed by atoms with Crippen molar-refractivity contribution in [3.63, 3.8) is 0 Å². The fourth-order valence-corrected chi connectivity index (χ4v) is 2.23. The average Bonchev–Trinajstić information content (AvgIpc) is 3.20. The minimum absolute atomic E-state index is 0.125. The van der Waals surface area contributed by atoms with Gasteiger partial charge in [-0.25, -0.2) is 0 Å². The normalized spacial score (nSPS) is 14.6. The molecule has 1 aliphatic carbocycles. The fourth-order valence-electron chi connectivity index (χ4n) is 2.05. The van der Waals surface area contributed by atoms with Crippen LogP contribution in [0.25, 0.3) is 10.9 Å². The number of carbonyl (C=O) groups is 1. The molecule has 0 radical (unpaired) electrons. The highest BCUT2D eigenvalue weighted by Gasteiger charge is 2.22. The van der Waals surface area contributed by atoms with E-state index < -0.39 is 0 Å². The molecule has 1 fully saturated rings. The molecule has 4 heteroatoms. The van der Waals surface area contributed by atoms with Gasteiger partial charge >= 0.3 is 0 Å². The van der Waals surface area contributed by atoms with E-state index in [1.54, 1.807) is 0 Å². The fraction of sp³-hybridized carbons (Fsp3) is 0.333. The SMILES string of the molecule is O=C(CCc1ccc2cc(Cl)ccc2n1)NC1CC1. The topological polar surface area (TPSA) is 42.0 Å². The molecule has 0 spiro atoms. The number of nitrogens with one attached hydrogen (secondary N) is 1. The molecule has 1 N–H and O–H groups in total. The Balaban J connectivity index is 1.67. The Morgan fingerprint density at radius 1 is 1.32 bits per heavy atom. The minimum atomic E-state index is 0.125. The smallest absolute Gasteiger partial charge is 0.220 e. The van der Waals surface area contributed by atoms with E-state index in [0.29, 0.717) is 23.9 Å². The summed E-state index contributed by atoms with van der Waals surface area (Å²) in [6.45, 7) is 0. The zero-order valence-corrected chi connectivity index (χ0v) is 11.3. The van der Waals surface area contributed by atoms with Crippen LogP contribution in [0.5, 0.6) is 0 Å².